The van der Waals surface area contributed by atoms with Gasteiger partial charge in [0.1, 0.15) is 0 Å². The molecule has 0 amide bonds. The van der Waals surface area contributed by atoms with E-state index in [2.05, 4.69) is 0 Å². The second-order valence-corrected chi connectivity index (χ2v) is 4.29. The Bertz CT molecular complexity index is 755. The van der Waals surface area contributed by atoms with E-state index in [-0.39, 0.29) is 17.8 Å². The Morgan fingerprint density at radius 1 is 1.25 bits per heavy atom. The first-order chi connectivity index (χ1) is 9.52. The van der Waals surface area contributed by atoms with Crippen molar-refractivity contribution in [2.45, 2.75) is 13.5 Å². The molecule has 1 aromatic carbocycles. The molecule has 2 aromatic rings. The Labute approximate surface area is 114 Å². The van der Waals surface area contributed by atoms with Gasteiger partial charge in [0.25, 0.3) is 11.2 Å². The fourth-order valence-electron chi connectivity index (χ4n) is 1.92. The van der Waals surface area contributed by atoms with Crippen LogP contribution in [0.2, 0.25) is 0 Å². The van der Waals surface area contributed by atoms with Gasteiger partial charge in [-0.2, -0.15) is 5.26 Å². The maximum absolute atomic E-state index is 11.8. The van der Waals surface area contributed by atoms with Crippen LogP contribution in [0.25, 0.3) is 0 Å². The van der Waals surface area contributed by atoms with Crippen LogP contribution >= 0.6 is 0 Å². The summed E-state index contributed by atoms with van der Waals surface area (Å²) in [4.78, 5) is 22.2. The van der Waals surface area contributed by atoms with E-state index < -0.39 is 4.92 Å². The highest BCUT2D eigenvalue weighted by Crippen LogP contribution is 2.15. The van der Waals surface area contributed by atoms with Crippen LogP contribution in [0.1, 0.15) is 16.8 Å². The minimum Gasteiger partial charge on any atom is -0.302 e. The molecule has 0 bridgehead atoms. The number of aromatic nitrogens is 1. The highest BCUT2D eigenvalue weighted by molar-refractivity contribution is 5.36. The molecule has 1 aromatic heterocycles. The van der Waals surface area contributed by atoms with E-state index >= 15 is 0 Å². The molecule has 20 heavy (non-hydrogen) atoms. The quantitative estimate of drug-likeness (QED) is 0.629. The largest absolute Gasteiger partial charge is 0.302 e. The van der Waals surface area contributed by atoms with Crippen LogP contribution in [0.4, 0.5) is 5.69 Å². The number of hydrogen-bond donors (Lipinski definition) is 0. The molecule has 1 heterocycles. The number of benzene rings is 1. The van der Waals surface area contributed by atoms with Crippen LogP contribution in [0, 0.1) is 28.4 Å². The zero-order chi connectivity index (χ0) is 14.7. The Kier molecular flexibility index (Phi) is 3.62. The van der Waals surface area contributed by atoms with Gasteiger partial charge in [0.05, 0.1) is 28.8 Å². The molecule has 0 aliphatic rings. The number of nitro groups is 1. The lowest BCUT2D eigenvalue weighted by Gasteiger charge is -2.09. The molecular weight excluding hydrogens is 258 g/mol. The van der Waals surface area contributed by atoms with E-state index in [4.69, 9.17) is 5.26 Å². The van der Waals surface area contributed by atoms with Crippen molar-refractivity contribution in [2.24, 2.45) is 0 Å². The van der Waals surface area contributed by atoms with Crippen molar-refractivity contribution in [1.29, 1.82) is 5.26 Å². The van der Waals surface area contributed by atoms with Crippen LogP contribution in [0.5, 0.6) is 0 Å². The molecule has 0 aliphatic heterocycles. The van der Waals surface area contributed by atoms with Gasteiger partial charge in [0.15, 0.2) is 0 Å². The second-order valence-electron chi connectivity index (χ2n) is 4.29. The van der Waals surface area contributed by atoms with Crippen molar-refractivity contribution in [3.05, 3.63) is 73.7 Å². The van der Waals surface area contributed by atoms with Crippen molar-refractivity contribution in [2.75, 3.05) is 0 Å². The third kappa shape index (κ3) is 2.57. The van der Waals surface area contributed by atoms with Crippen molar-refractivity contribution in [3.63, 3.8) is 0 Å². The predicted molar refractivity (Wildman–Crippen MR) is 72.4 cm³/mol. The summed E-state index contributed by atoms with van der Waals surface area (Å²) in [5, 5.41) is 19.6. The molecule has 0 saturated heterocycles. The first-order valence-corrected chi connectivity index (χ1v) is 5.87. The molecule has 0 fully saturated rings. The molecule has 2 rings (SSSR count). The lowest BCUT2D eigenvalue weighted by molar-refractivity contribution is -0.386. The smallest absolute Gasteiger partial charge is 0.288 e. The summed E-state index contributed by atoms with van der Waals surface area (Å²) in [7, 11) is 0. The Morgan fingerprint density at radius 2 is 1.90 bits per heavy atom. The van der Waals surface area contributed by atoms with E-state index in [1.165, 1.54) is 16.7 Å². The van der Waals surface area contributed by atoms with Crippen LogP contribution in [-0.4, -0.2) is 9.49 Å². The van der Waals surface area contributed by atoms with E-state index in [1.54, 1.807) is 31.2 Å². The highest BCUT2D eigenvalue weighted by Gasteiger charge is 2.14. The Hall–Kier alpha value is -2.94. The number of nitriles is 1. The van der Waals surface area contributed by atoms with E-state index in [0.29, 0.717) is 11.3 Å². The molecule has 0 radical (unpaired) electrons. The summed E-state index contributed by atoms with van der Waals surface area (Å²) in [6, 6.07) is 11.2. The van der Waals surface area contributed by atoms with E-state index in [9.17, 15) is 14.9 Å². The number of hydrogen-bond acceptors (Lipinski definition) is 4. The molecule has 0 aliphatic carbocycles. The van der Waals surface area contributed by atoms with Gasteiger partial charge in [-0.25, -0.2) is 0 Å². The van der Waals surface area contributed by atoms with Crippen molar-refractivity contribution in [1.82, 2.24) is 4.57 Å². The molecule has 0 N–H and O–H groups in total. The maximum atomic E-state index is 11.8. The predicted octanol–water partition coefficient (Wildman–Crippen LogP) is 1.98. The van der Waals surface area contributed by atoms with Crippen LogP contribution in [0.15, 0.2) is 41.2 Å². The molecule has 6 heteroatoms. The topological polar surface area (TPSA) is 88.9 Å². The number of nitrogens with zero attached hydrogens (tertiary/aromatic N) is 3. The molecule has 0 spiro atoms. The first-order valence-electron chi connectivity index (χ1n) is 5.87. The van der Waals surface area contributed by atoms with Gasteiger partial charge in [-0.05, 0) is 24.6 Å². The SMILES string of the molecule is Cc1c([N+](=O)[O-])ccc(=O)n1Cc1ccc(C#N)cc1. The monoisotopic (exact) mass is 269 g/mol. The molecule has 6 nitrogen and oxygen atoms in total. The summed E-state index contributed by atoms with van der Waals surface area (Å²) in [5.41, 5.74) is 1.26. The lowest BCUT2D eigenvalue weighted by Crippen LogP contribution is -2.22. The third-order valence-corrected chi connectivity index (χ3v) is 3.05. The fourth-order valence-corrected chi connectivity index (χ4v) is 1.92. The van der Waals surface area contributed by atoms with Gasteiger partial charge >= 0.3 is 0 Å². The molecular formula is C14H11N3O3. The molecule has 0 unspecified atom stereocenters. The maximum Gasteiger partial charge on any atom is 0.288 e. The van der Waals surface area contributed by atoms with E-state index in [0.717, 1.165) is 5.56 Å². The van der Waals surface area contributed by atoms with Gasteiger partial charge < -0.3 is 4.57 Å². The van der Waals surface area contributed by atoms with Crippen LogP contribution in [0.3, 0.4) is 0 Å². The summed E-state index contributed by atoms with van der Waals surface area (Å²) in [6.07, 6.45) is 0. The van der Waals surface area contributed by atoms with Crippen molar-refractivity contribution < 1.29 is 4.92 Å². The van der Waals surface area contributed by atoms with Crippen molar-refractivity contribution >= 4 is 5.69 Å². The minimum absolute atomic E-state index is 0.0850. The van der Waals surface area contributed by atoms with Gasteiger partial charge in [0.2, 0.25) is 0 Å². The Morgan fingerprint density at radius 3 is 2.45 bits per heavy atom. The highest BCUT2D eigenvalue weighted by atomic mass is 16.6. The molecule has 0 atom stereocenters. The zero-order valence-electron chi connectivity index (χ0n) is 10.7. The number of pyridine rings is 1. The van der Waals surface area contributed by atoms with Gasteiger partial charge in [0, 0.05) is 12.1 Å². The average Bonchev–Trinajstić information content (AvgIpc) is 2.43. The standard InChI is InChI=1S/C14H11N3O3/c1-10-13(17(19)20)6-7-14(18)16(10)9-12-4-2-11(8-15)3-5-12/h2-7H,9H2,1H3. The van der Waals surface area contributed by atoms with Gasteiger partial charge in [-0.1, -0.05) is 12.1 Å². The zero-order valence-corrected chi connectivity index (χ0v) is 10.7. The average molecular weight is 269 g/mol. The number of rotatable bonds is 3. The normalized spacial score (nSPS) is 10.0. The summed E-state index contributed by atoms with van der Waals surface area (Å²) in [5.74, 6) is 0. The summed E-state index contributed by atoms with van der Waals surface area (Å²) >= 11 is 0. The van der Waals surface area contributed by atoms with Crippen LogP contribution in [-0.2, 0) is 6.54 Å². The van der Waals surface area contributed by atoms with Crippen molar-refractivity contribution in [3.8, 4) is 6.07 Å². The molecule has 0 saturated carbocycles. The summed E-state index contributed by atoms with van der Waals surface area (Å²) < 4.78 is 1.35. The van der Waals surface area contributed by atoms with Gasteiger partial charge in [-0.15, -0.1) is 0 Å². The molecule has 100 valence electrons. The van der Waals surface area contributed by atoms with E-state index in [1.807, 2.05) is 6.07 Å². The van der Waals surface area contributed by atoms with Crippen LogP contribution < -0.4 is 5.56 Å². The lowest BCUT2D eigenvalue weighted by atomic mass is 10.1. The third-order valence-electron chi connectivity index (χ3n) is 3.05. The van der Waals surface area contributed by atoms with Gasteiger partial charge in [-0.3, -0.25) is 14.9 Å². The summed E-state index contributed by atoms with van der Waals surface area (Å²) in [6.45, 7) is 1.78. The minimum atomic E-state index is -0.510. The second kappa shape index (κ2) is 5.36. The Balaban J connectivity index is 2.42. The first kappa shape index (κ1) is 13.5. The fraction of sp³-hybridized carbons (Fsp3) is 0.143.